The summed E-state index contributed by atoms with van der Waals surface area (Å²) in [6, 6.07) is 16.4. The smallest absolute Gasteiger partial charge is 0.407 e. The van der Waals surface area contributed by atoms with E-state index in [9.17, 15) is 14.7 Å². The minimum absolute atomic E-state index is 0.0106. The Hall–Kier alpha value is -2.82. The molecule has 0 heterocycles. The summed E-state index contributed by atoms with van der Waals surface area (Å²) in [6.45, 7) is 2.08. The van der Waals surface area contributed by atoms with Crippen LogP contribution in [-0.4, -0.2) is 29.3 Å². The molecule has 0 spiro atoms. The van der Waals surface area contributed by atoms with Gasteiger partial charge < -0.3 is 15.2 Å². The first-order valence-electron chi connectivity index (χ1n) is 10.8. The van der Waals surface area contributed by atoms with Crippen LogP contribution in [0.2, 0.25) is 0 Å². The number of carboxylic acid groups (broad SMARTS) is 1. The molecule has 0 saturated heterocycles. The van der Waals surface area contributed by atoms with Crippen molar-refractivity contribution in [1.82, 2.24) is 5.32 Å². The molecule has 2 N–H and O–H groups in total. The molecular weight excluding hydrogens is 378 g/mol. The van der Waals surface area contributed by atoms with E-state index in [1.54, 1.807) is 0 Å². The fourth-order valence-corrected chi connectivity index (χ4v) is 5.21. The average Bonchev–Trinajstić information content (AvgIpc) is 3.06. The number of hydrogen-bond acceptors (Lipinski definition) is 3. The second-order valence-corrected chi connectivity index (χ2v) is 8.77. The van der Waals surface area contributed by atoms with Crippen LogP contribution >= 0.6 is 0 Å². The van der Waals surface area contributed by atoms with Gasteiger partial charge in [-0.15, -0.1) is 0 Å². The zero-order chi connectivity index (χ0) is 21.1. The molecule has 30 heavy (non-hydrogen) atoms. The summed E-state index contributed by atoms with van der Waals surface area (Å²) < 4.78 is 5.66. The molecule has 2 aliphatic carbocycles. The molecule has 2 aromatic carbocycles. The molecule has 0 aromatic heterocycles. The van der Waals surface area contributed by atoms with Gasteiger partial charge in [-0.25, -0.2) is 4.79 Å². The molecule has 5 heteroatoms. The van der Waals surface area contributed by atoms with Crippen LogP contribution in [-0.2, 0) is 9.53 Å². The second kappa shape index (κ2) is 8.50. The summed E-state index contributed by atoms with van der Waals surface area (Å²) in [5, 5.41) is 12.3. The highest BCUT2D eigenvalue weighted by Crippen LogP contribution is 2.44. The van der Waals surface area contributed by atoms with Gasteiger partial charge in [-0.2, -0.15) is 0 Å². The first-order chi connectivity index (χ1) is 14.5. The van der Waals surface area contributed by atoms with E-state index >= 15 is 0 Å². The van der Waals surface area contributed by atoms with E-state index in [0.717, 1.165) is 36.8 Å². The van der Waals surface area contributed by atoms with Gasteiger partial charge in [0.1, 0.15) is 6.61 Å². The molecule has 1 saturated carbocycles. The van der Waals surface area contributed by atoms with Gasteiger partial charge >= 0.3 is 12.1 Å². The van der Waals surface area contributed by atoms with Crippen molar-refractivity contribution in [2.24, 2.45) is 5.92 Å². The van der Waals surface area contributed by atoms with Crippen molar-refractivity contribution >= 4 is 12.1 Å². The Morgan fingerprint density at radius 3 is 2.13 bits per heavy atom. The maximum absolute atomic E-state index is 12.7. The van der Waals surface area contributed by atoms with Crippen LogP contribution in [0, 0.1) is 5.92 Å². The number of nitrogens with one attached hydrogen (secondary N) is 1. The van der Waals surface area contributed by atoms with E-state index in [-0.39, 0.29) is 24.9 Å². The van der Waals surface area contributed by atoms with Crippen molar-refractivity contribution in [3.05, 3.63) is 59.7 Å². The lowest BCUT2D eigenvalue weighted by Crippen LogP contribution is -2.53. The van der Waals surface area contributed by atoms with Crippen LogP contribution in [0.25, 0.3) is 11.1 Å². The first kappa shape index (κ1) is 20.5. The molecule has 1 unspecified atom stereocenters. The predicted octanol–water partition coefficient (Wildman–Crippen LogP) is 5.34. The number of carbonyl (C=O) groups is 2. The molecule has 0 aliphatic heterocycles. The van der Waals surface area contributed by atoms with Crippen LogP contribution in [0.15, 0.2) is 48.5 Å². The molecule has 1 fully saturated rings. The molecule has 2 aromatic rings. The summed E-state index contributed by atoms with van der Waals surface area (Å²) in [5.74, 6) is -0.756. The molecule has 5 nitrogen and oxygen atoms in total. The van der Waals surface area contributed by atoms with Gasteiger partial charge in [-0.3, -0.25) is 4.79 Å². The van der Waals surface area contributed by atoms with Gasteiger partial charge in [0.05, 0.1) is 12.0 Å². The minimum atomic E-state index is -0.901. The zero-order valence-corrected chi connectivity index (χ0v) is 17.4. The van der Waals surface area contributed by atoms with Gasteiger partial charge in [0.15, 0.2) is 0 Å². The summed E-state index contributed by atoms with van der Waals surface area (Å²) in [6.07, 6.45) is 4.57. The highest BCUT2D eigenvalue weighted by atomic mass is 16.5. The Morgan fingerprint density at radius 2 is 1.57 bits per heavy atom. The summed E-state index contributed by atoms with van der Waals surface area (Å²) in [7, 11) is 0. The monoisotopic (exact) mass is 407 g/mol. The summed E-state index contributed by atoms with van der Waals surface area (Å²) >= 11 is 0. The molecule has 1 atom stereocenters. The number of aliphatic carboxylic acids is 1. The maximum atomic E-state index is 12.7. The number of rotatable bonds is 6. The fourth-order valence-electron chi connectivity index (χ4n) is 5.21. The number of hydrogen-bond donors (Lipinski definition) is 2. The van der Waals surface area contributed by atoms with Crippen molar-refractivity contribution < 1.29 is 19.4 Å². The third-order valence-electron chi connectivity index (χ3n) is 6.76. The molecule has 0 radical (unpaired) electrons. The molecule has 4 rings (SSSR count). The van der Waals surface area contributed by atoms with E-state index in [4.69, 9.17) is 4.74 Å². The zero-order valence-electron chi connectivity index (χ0n) is 17.4. The fraction of sp³-hybridized carbons (Fsp3) is 0.440. The van der Waals surface area contributed by atoms with Crippen molar-refractivity contribution in [3.8, 4) is 11.1 Å². The van der Waals surface area contributed by atoms with E-state index < -0.39 is 17.6 Å². The highest BCUT2D eigenvalue weighted by Gasteiger charge is 2.39. The third kappa shape index (κ3) is 4.07. The number of amides is 1. The number of ether oxygens (including phenoxy) is 1. The van der Waals surface area contributed by atoms with Gasteiger partial charge in [-0.1, -0.05) is 67.8 Å². The highest BCUT2D eigenvalue weighted by molar-refractivity contribution is 5.79. The molecule has 0 bridgehead atoms. The largest absolute Gasteiger partial charge is 0.481 e. The molecular formula is C25H29NO4. The Bertz CT molecular complexity index is 889. The lowest BCUT2D eigenvalue weighted by molar-refractivity contribution is -0.139. The van der Waals surface area contributed by atoms with E-state index in [1.807, 2.05) is 31.2 Å². The van der Waals surface area contributed by atoms with Gasteiger partial charge in [0.2, 0.25) is 0 Å². The lowest BCUT2D eigenvalue weighted by Gasteiger charge is -2.39. The summed E-state index contributed by atoms with van der Waals surface area (Å²) in [4.78, 5) is 24.2. The Morgan fingerprint density at radius 1 is 1.00 bits per heavy atom. The number of alkyl carbamates (subject to hydrolysis) is 1. The van der Waals surface area contributed by atoms with E-state index in [0.29, 0.717) is 0 Å². The standard InChI is InChI=1S/C25H29NO4/c1-25(15-23(27)28,17-9-3-2-4-10-17)26-24(29)30-16-22-20-13-7-5-11-18(20)19-12-6-8-14-21(19)22/h5-8,11-14,17,22H,2-4,9-10,15-16H2,1H3,(H,26,29)(H,27,28). The van der Waals surface area contributed by atoms with Crippen molar-refractivity contribution in [2.75, 3.05) is 6.61 Å². The average molecular weight is 408 g/mol. The van der Waals surface area contributed by atoms with Crippen molar-refractivity contribution in [1.29, 1.82) is 0 Å². The SMILES string of the molecule is CC(CC(=O)O)(NC(=O)OCC1c2ccccc2-c2ccccc21)C1CCCCC1. The van der Waals surface area contributed by atoms with Crippen LogP contribution < -0.4 is 5.32 Å². The molecule has 158 valence electrons. The molecule has 1 amide bonds. The Balaban J connectivity index is 1.47. The van der Waals surface area contributed by atoms with Crippen LogP contribution in [0.5, 0.6) is 0 Å². The normalized spacial score (nSPS) is 18.2. The van der Waals surface area contributed by atoms with Crippen LogP contribution in [0.4, 0.5) is 4.79 Å². The van der Waals surface area contributed by atoms with Crippen LogP contribution in [0.3, 0.4) is 0 Å². The first-order valence-corrected chi connectivity index (χ1v) is 10.8. The summed E-state index contributed by atoms with van der Waals surface area (Å²) in [5.41, 5.74) is 3.88. The van der Waals surface area contributed by atoms with Crippen LogP contribution in [0.1, 0.15) is 62.5 Å². The maximum Gasteiger partial charge on any atom is 0.407 e. The number of benzene rings is 2. The quantitative estimate of drug-likeness (QED) is 0.678. The Kier molecular flexibility index (Phi) is 5.80. The van der Waals surface area contributed by atoms with E-state index in [1.165, 1.54) is 17.5 Å². The van der Waals surface area contributed by atoms with Gasteiger partial charge in [0, 0.05) is 5.92 Å². The number of carbonyl (C=O) groups excluding carboxylic acids is 1. The second-order valence-electron chi connectivity index (χ2n) is 8.77. The lowest BCUT2D eigenvalue weighted by atomic mass is 9.74. The third-order valence-corrected chi connectivity index (χ3v) is 6.76. The van der Waals surface area contributed by atoms with Gasteiger partial charge in [-0.05, 0) is 47.9 Å². The molecule has 2 aliphatic rings. The van der Waals surface area contributed by atoms with Crippen molar-refractivity contribution in [2.45, 2.75) is 56.9 Å². The Labute approximate surface area is 177 Å². The van der Waals surface area contributed by atoms with E-state index in [2.05, 4.69) is 29.6 Å². The predicted molar refractivity (Wildman–Crippen MR) is 115 cm³/mol. The topological polar surface area (TPSA) is 75.6 Å². The van der Waals surface area contributed by atoms with Crippen molar-refractivity contribution in [3.63, 3.8) is 0 Å². The van der Waals surface area contributed by atoms with Gasteiger partial charge in [0.25, 0.3) is 0 Å². The number of carboxylic acids is 1. The minimum Gasteiger partial charge on any atom is -0.481 e. The number of fused-ring (bicyclic) bond motifs is 3.